The molecule has 0 aromatic heterocycles. The first-order valence-electron chi connectivity index (χ1n) is 9.15. The molecule has 156 valence electrons. The Morgan fingerprint density at radius 3 is 2.11 bits per heavy atom. The van der Waals surface area contributed by atoms with Gasteiger partial charge in [-0.05, 0) is 24.7 Å². The van der Waals surface area contributed by atoms with Crippen LogP contribution in [0.15, 0.2) is 4.99 Å². The average molecular weight is 386 g/mol. The normalized spacial score (nSPS) is 15.3. The third kappa shape index (κ3) is 9.23. The lowest BCUT2D eigenvalue weighted by Gasteiger charge is -2.26. The maximum absolute atomic E-state index is 12.5. The number of hydrogen-bond donors (Lipinski definition) is 6. The molecule has 0 rings (SSSR count). The van der Waals surface area contributed by atoms with E-state index in [0.717, 1.165) is 6.42 Å². The van der Waals surface area contributed by atoms with Crippen molar-refractivity contribution < 1.29 is 19.5 Å². The minimum Gasteiger partial charge on any atom is -0.480 e. The molecule has 0 aliphatic rings. The van der Waals surface area contributed by atoms with Gasteiger partial charge in [0.25, 0.3) is 0 Å². The maximum atomic E-state index is 12.5. The van der Waals surface area contributed by atoms with E-state index in [1.165, 1.54) is 0 Å². The fourth-order valence-corrected chi connectivity index (χ4v) is 2.32. The molecule has 0 fully saturated rings. The first-order valence-corrected chi connectivity index (χ1v) is 9.15. The quantitative estimate of drug-likeness (QED) is 0.143. The number of aliphatic carboxylic acids is 1. The van der Waals surface area contributed by atoms with Crippen LogP contribution in [0.4, 0.5) is 0 Å². The van der Waals surface area contributed by atoms with Crippen molar-refractivity contribution in [3.8, 4) is 0 Å². The van der Waals surface area contributed by atoms with Gasteiger partial charge in [-0.25, -0.2) is 4.79 Å². The molecule has 10 nitrogen and oxygen atoms in total. The van der Waals surface area contributed by atoms with E-state index in [0.29, 0.717) is 6.42 Å². The van der Waals surface area contributed by atoms with Crippen molar-refractivity contribution in [1.82, 2.24) is 10.6 Å². The molecule has 0 radical (unpaired) electrons. The Hall–Kier alpha value is -2.36. The van der Waals surface area contributed by atoms with Gasteiger partial charge in [-0.15, -0.1) is 0 Å². The number of carbonyl (C=O) groups is 3. The van der Waals surface area contributed by atoms with Crippen LogP contribution in [-0.2, 0) is 14.4 Å². The standard InChI is InChI=1S/C17H34N6O4/c1-5-10(4)12(18)14(24)23-13(9(2)3)15(25)22-11(16(26)27)7-6-8-21-17(19)20/h9-13H,5-8,18H2,1-4H3,(H,22,25)(H,23,24)(H,26,27)(H4,19,20,21). The molecule has 4 atom stereocenters. The highest BCUT2D eigenvalue weighted by atomic mass is 16.4. The summed E-state index contributed by atoms with van der Waals surface area (Å²) in [5, 5.41) is 14.4. The molecule has 0 aliphatic carbocycles. The molecule has 2 amide bonds. The summed E-state index contributed by atoms with van der Waals surface area (Å²) in [6.07, 6.45) is 1.26. The first kappa shape index (κ1) is 24.6. The molecular weight excluding hydrogens is 352 g/mol. The summed E-state index contributed by atoms with van der Waals surface area (Å²) in [6, 6.07) is -2.72. The summed E-state index contributed by atoms with van der Waals surface area (Å²) >= 11 is 0. The lowest BCUT2D eigenvalue weighted by atomic mass is 9.97. The predicted molar refractivity (Wildman–Crippen MR) is 104 cm³/mol. The topological polar surface area (TPSA) is 186 Å². The Kier molecular flexibility index (Phi) is 11.0. The van der Waals surface area contributed by atoms with Crippen LogP contribution in [-0.4, -0.2) is 53.5 Å². The monoisotopic (exact) mass is 386 g/mol. The highest BCUT2D eigenvalue weighted by molar-refractivity contribution is 5.92. The van der Waals surface area contributed by atoms with E-state index in [1.807, 2.05) is 13.8 Å². The van der Waals surface area contributed by atoms with Gasteiger partial charge in [0.1, 0.15) is 12.1 Å². The first-order chi connectivity index (χ1) is 12.5. The number of carboxylic acid groups (broad SMARTS) is 1. The van der Waals surface area contributed by atoms with Gasteiger partial charge in [0, 0.05) is 6.54 Å². The number of hydrogen-bond acceptors (Lipinski definition) is 5. The van der Waals surface area contributed by atoms with E-state index in [4.69, 9.17) is 17.2 Å². The number of guanidine groups is 1. The van der Waals surface area contributed by atoms with Crippen molar-refractivity contribution in [1.29, 1.82) is 0 Å². The van der Waals surface area contributed by atoms with Gasteiger partial charge in [-0.1, -0.05) is 34.1 Å². The number of rotatable bonds is 12. The Bertz CT molecular complexity index is 534. The Morgan fingerprint density at radius 2 is 1.67 bits per heavy atom. The number of carbonyl (C=O) groups excluding carboxylic acids is 2. The Balaban J connectivity index is 4.94. The van der Waals surface area contributed by atoms with Gasteiger partial charge in [0.2, 0.25) is 11.8 Å². The SMILES string of the molecule is CCC(C)C(N)C(=O)NC(C(=O)NC(CCCN=C(N)N)C(=O)O)C(C)C. The van der Waals surface area contributed by atoms with Crippen molar-refractivity contribution in [3.63, 3.8) is 0 Å². The van der Waals surface area contributed by atoms with Crippen LogP contribution >= 0.6 is 0 Å². The van der Waals surface area contributed by atoms with Crippen molar-refractivity contribution in [3.05, 3.63) is 0 Å². The zero-order valence-corrected chi connectivity index (χ0v) is 16.6. The molecule has 10 heteroatoms. The van der Waals surface area contributed by atoms with Crippen LogP contribution in [0.25, 0.3) is 0 Å². The third-order valence-corrected chi connectivity index (χ3v) is 4.37. The molecular formula is C17H34N6O4. The predicted octanol–water partition coefficient (Wildman–Crippen LogP) is -0.876. The van der Waals surface area contributed by atoms with Crippen LogP contribution in [0.1, 0.15) is 47.0 Å². The second-order valence-electron chi connectivity index (χ2n) is 6.99. The van der Waals surface area contributed by atoms with Crippen LogP contribution in [0.3, 0.4) is 0 Å². The van der Waals surface area contributed by atoms with E-state index in [2.05, 4.69) is 15.6 Å². The van der Waals surface area contributed by atoms with Gasteiger partial charge in [0.15, 0.2) is 5.96 Å². The van der Waals surface area contributed by atoms with Crippen molar-refractivity contribution in [2.45, 2.75) is 65.1 Å². The van der Waals surface area contributed by atoms with E-state index in [1.54, 1.807) is 13.8 Å². The van der Waals surface area contributed by atoms with Crippen LogP contribution in [0.2, 0.25) is 0 Å². The summed E-state index contributed by atoms with van der Waals surface area (Å²) in [7, 11) is 0. The van der Waals surface area contributed by atoms with E-state index in [9.17, 15) is 19.5 Å². The zero-order chi connectivity index (χ0) is 21.1. The second kappa shape index (κ2) is 12.1. The lowest BCUT2D eigenvalue weighted by Crippen LogP contribution is -2.57. The summed E-state index contributed by atoms with van der Waals surface area (Å²) in [5.41, 5.74) is 16.3. The number of nitrogens with zero attached hydrogens (tertiary/aromatic N) is 1. The number of nitrogens with one attached hydrogen (secondary N) is 2. The Morgan fingerprint density at radius 1 is 1.07 bits per heavy atom. The molecule has 4 unspecified atom stereocenters. The number of nitrogens with two attached hydrogens (primary N) is 3. The van der Waals surface area contributed by atoms with E-state index < -0.39 is 35.9 Å². The summed E-state index contributed by atoms with van der Waals surface area (Å²) in [5.74, 6) is -2.52. The molecule has 9 N–H and O–H groups in total. The van der Waals surface area contributed by atoms with Gasteiger partial charge in [0.05, 0.1) is 6.04 Å². The van der Waals surface area contributed by atoms with E-state index >= 15 is 0 Å². The summed E-state index contributed by atoms with van der Waals surface area (Å²) in [6.45, 7) is 7.55. The molecule has 0 saturated heterocycles. The van der Waals surface area contributed by atoms with Gasteiger partial charge >= 0.3 is 5.97 Å². The molecule has 0 aliphatic heterocycles. The van der Waals surface area contributed by atoms with Gasteiger partial charge in [-0.3, -0.25) is 14.6 Å². The minimum atomic E-state index is -1.17. The van der Waals surface area contributed by atoms with Crippen LogP contribution in [0.5, 0.6) is 0 Å². The number of amides is 2. The van der Waals surface area contributed by atoms with Crippen LogP contribution < -0.4 is 27.8 Å². The smallest absolute Gasteiger partial charge is 0.326 e. The number of carboxylic acids is 1. The maximum Gasteiger partial charge on any atom is 0.326 e. The second-order valence-corrected chi connectivity index (χ2v) is 6.99. The fourth-order valence-electron chi connectivity index (χ4n) is 2.32. The molecule has 0 heterocycles. The summed E-state index contributed by atoms with van der Waals surface area (Å²) < 4.78 is 0. The number of aliphatic imine (C=N–C) groups is 1. The van der Waals surface area contributed by atoms with Gasteiger partial charge in [-0.2, -0.15) is 0 Å². The fraction of sp³-hybridized carbons (Fsp3) is 0.765. The van der Waals surface area contributed by atoms with Crippen LogP contribution in [0, 0.1) is 11.8 Å². The highest BCUT2D eigenvalue weighted by Gasteiger charge is 2.30. The largest absolute Gasteiger partial charge is 0.480 e. The van der Waals surface area contributed by atoms with Crippen molar-refractivity contribution in [2.75, 3.05) is 6.54 Å². The molecule has 0 saturated carbocycles. The Labute approximate surface area is 160 Å². The van der Waals surface area contributed by atoms with Crippen molar-refractivity contribution >= 4 is 23.7 Å². The molecule has 0 bridgehead atoms. The van der Waals surface area contributed by atoms with E-state index in [-0.39, 0.29) is 30.8 Å². The third-order valence-electron chi connectivity index (χ3n) is 4.37. The minimum absolute atomic E-state index is 0.0387. The molecule has 27 heavy (non-hydrogen) atoms. The highest BCUT2D eigenvalue weighted by Crippen LogP contribution is 2.09. The van der Waals surface area contributed by atoms with Gasteiger partial charge < -0.3 is 32.9 Å². The lowest BCUT2D eigenvalue weighted by molar-refractivity contribution is -0.142. The zero-order valence-electron chi connectivity index (χ0n) is 16.6. The molecule has 0 aromatic carbocycles. The summed E-state index contributed by atoms with van der Waals surface area (Å²) in [4.78, 5) is 40.0. The molecule has 0 aromatic rings. The van der Waals surface area contributed by atoms with Crippen molar-refractivity contribution in [2.24, 2.45) is 34.0 Å². The average Bonchev–Trinajstić information content (AvgIpc) is 2.59. The molecule has 0 spiro atoms.